The first-order valence-corrected chi connectivity index (χ1v) is 10.1. The van der Waals surface area contributed by atoms with Crippen molar-refractivity contribution in [2.75, 3.05) is 5.32 Å². The number of benzene rings is 1. The number of anilines is 1. The molecule has 0 amide bonds. The molecule has 1 fully saturated rings. The Bertz CT molecular complexity index is 1160. The maximum atomic E-state index is 11.4. The van der Waals surface area contributed by atoms with E-state index in [2.05, 4.69) is 45.4 Å². The van der Waals surface area contributed by atoms with Crippen molar-refractivity contribution < 1.29 is 9.90 Å². The topological polar surface area (TPSA) is 92.9 Å². The van der Waals surface area contributed by atoms with Crippen molar-refractivity contribution in [3.8, 4) is 0 Å². The number of thiophene rings is 1. The van der Waals surface area contributed by atoms with Crippen LogP contribution in [0.15, 0.2) is 36.7 Å². The number of nitrogens with one attached hydrogen (secondary N) is 1. The minimum absolute atomic E-state index is 0.229. The first-order chi connectivity index (χ1) is 13.6. The number of rotatable bonds is 6. The van der Waals surface area contributed by atoms with Crippen LogP contribution in [0.25, 0.3) is 21.3 Å². The van der Waals surface area contributed by atoms with Crippen molar-refractivity contribution in [3.63, 3.8) is 0 Å². The number of hydrogen-bond acceptors (Lipinski definition) is 6. The van der Waals surface area contributed by atoms with Crippen LogP contribution in [0, 0.1) is 5.92 Å². The van der Waals surface area contributed by atoms with E-state index in [1.165, 1.54) is 27.8 Å². The quantitative estimate of drug-likeness (QED) is 0.514. The molecule has 5 rings (SSSR count). The summed E-state index contributed by atoms with van der Waals surface area (Å²) in [5.41, 5.74) is 1.15. The third-order valence-electron chi connectivity index (χ3n) is 5.16. The number of carbonyl (C=O) groups is 1. The van der Waals surface area contributed by atoms with Crippen LogP contribution in [-0.2, 0) is 6.54 Å². The zero-order valence-electron chi connectivity index (χ0n) is 15.3. The van der Waals surface area contributed by atoms with Crippen molar-refractivity contribution in [3.05, 3.63) is 47.4 Å². The predicted molar refractivity (Wildman–Crippen MR) is 109 cm³/mol. The van der Waals surface area contributed by atoms with Gasteiger partial charge >= 0.3 is 5.97 Å². The molecule has 1 saturated carbocycles. The van der Waals surface area contributed by atoms with Crippen LogP contribution < -0.4 is 5.32 Å². The van der Waals surface area contributed by atoms with Gasteiger partial charge in [0.1, 0.15) is 5.52 Å². The average molecular weight is 393 g/mol. The van der Waals surface area contributed by atoms with E-state index < -0.39 is 5.97 Å². The Balaban J connectivity index is 1.57. The second-order valence-electron chi connectivity index (χ2n) is 7.27. The highest BCUT2D eigenvalue weighted by atomic mass is 32.1. The van der Waals surface area contributed by atoms with E-state index >= 15 is 0 Å². The highest BCUT2D eigenvalue weighted by molar-refractivity contribution is 7.19. The molecule has 0 bridgehead atoms. The number of aromatic carboxylic acids is 1. The molecule has 2 N–H and O–H groups in total. The summed E-state index contributed by atoms with van der Waals surface area (Å²) in [5, 5.41) is 14.0. The van der Waals surface area contributed by atoms with Crippen LogP contribution in [0.4, 0.5) is 5.82 Å². The molecule has 142 valence electrons. The molecular weight excluding hydrogens is 374 g/mol. The Kier molecular flexibility index (Phi) is 4.01. The Morgan fingerprint density at radius 2 is 2.18 bits per heavy atom. The van der Waals surface area contributed by atoms with Crippen molar-refractivity contribution in [1.82, 2.24) is 19.5 Å². The fraction of sp³-hybridized carbons (Fsp3) is 0.300. The third-order valence-corrected chi connectivity index (χ3v) is 6.26. The van der Waals surface area contributed by atoms with Gasteiger partial charge in [-0.2, -0.15) is 0 Å². The Hall–Kier alpha value is -3.00. The fourth-order valence-corrected chi connectivity index (χ4v) is 4.57. The first-order valence-electron chi connectivity index (χ1n) is 9.28. The van der Waals surface area contributed by atoms with Crippen LogP contribution in [0.1, 0.15) is 35.3 Å². The van der Waals surface area contributed by atoms with Gasteiger partial charge in [0.05, 0.1) is 12.9 Å². The number of hydrogen-bond donors (Lipinski definition) is 2. The minimum Gasteiger partial charge on any atom is -0.475 e. The Morgan fingerprint density at radius 3 is 2.93 bits per heavy atom. The molecule has 1 unspecified atom stereocenters. The lowest BCUT2D eigenvalue weighted by molar-refractivity contribution is 0.0684. The first kappa shape index (κ1) is 17.1. The normalized spacial score (nSPS) is 15.2. The maximum Gasteiger partial charge on any atom is 0.374 e. The molecule has 3 heterocycles. The molecule has 1 aliphatic carbocycles. The van der Waals surface area contributed by atoms with Crippen LogP contribution in [0.2, 0.25) is 0 Å². The number of carboxylic acid groups (broad SMARTS) is 1. The van der Waals surface area contributed by atoms with Gasteiger partial charge in [-0.25, -0.2) is 19.7 Å². The van der Waals surface area contributed by atoms with Gasteiger partial charge in [-0.3, -0.25) is 0 Å². The number of aromatic nitrogens is 4. The van der Waals surface area contributed by atoms with Gasteiger partial charge in [-0.05, 0) is 43.2 Å². The van der Waals surface area contributed by atoms with E-state index in [9.17, 15) is 9.90 Å². The van der Waals surface area contributed by atoms with E-state index in [1.807, 2.05) is 16.7 Å². The molecule has 0 aliphatic heterocycles. The number of imidazole rings is 1. The minimum atomic E-state index is -1.15. The van der Waals surface area contributed by atoms with E-state index in [-0.39, 0.29) is 11.9 Å². The van der Waals surface area contributed by atoms with Crippen LogP contribution in [0.3, 0.4) is 0 Å². The van der Waals surface area contributed by atoms with Gasteiger partial charge < -0.3 is 15.0 Å². The average Bonchev–Trinajstić information content (AvgIpc) is 3.34. The number of nitrogens with zero attached hydrogens (tertiary/aromatic N) is 4. The lowest BCUT2D eigenvalue weighted by atomic mass is 10.2. The summed E-state index contributed by atoms with van der Waals surface area (Å²) in [5.74, 6) is -0.231. The summed E-state index contributed by atoms with van der Waals surface area (Å²) < 4.78 is 3.24. The molecule has 28 heavy (non-hydrogen) atoms. The summed E-state index contributed by atoms with van der Waals surface area (Å²) in [6, 6.07) is 10.7. The van der Waals surface area contributed by atoms with Gasteiger partial charge in [0, 0.05) is 15.6 Å². The molecule has 3 aromatic heterocycles. The SMILES string of the molecule is CC(Nc1nc(C(=O)O)nc2ncn(Cc3cc4ccccc4s3)c12)C1CC1. The van der Waals surface area contributed by atoms with E-state index in [0.29, 0.717) is 23.9 Å². The van der Waals surface area contributed by atoms with Crippen LogP contribution >= 0.6 is 11.3 Å². The van der Waals surface area contributed by atoms with Gasteiger partial charge in [0.2, 0.25) is 5.82 Å². The smallest absolute Gasteiger partial charge is 0.374 e. The van der Waals surface area contributed by atoms with Crippen LogP contribution in [-0.4, -0.2) is 36.6 Å². The van der Waals surface area contributed by atoms with Crippen molar-refractivity contribution in [2.45, 2.75) is 32.4 Å². The molecule has 4 aromatic rings. The van der Waals surface area contributed by atoms with E-state index in [4.69, 9.17) is 0 Å². The standard InChI is InChI=1S/C20H19N5O2S/c1-11(12-6-7-12)22-18-16-17(23-19(24-18)20(26)27)21-10-25(16)9-14-8-13-4-2-3-5-15(13)28-14/h2-5,8,10-12H,6-7,9H2,1H3,(H,26,27)(H,22,23,24). The summed E-state index contributed by atoms with van der Waals surface area (Å²) >= 11 is 1.74. The molecule has 8 heteroatoms. The van der Waals surface area contributed by atoms with E-state index in [0.717, 1.165) is 5.52 Å². The molecule has 1 aliphatic rings. The van der Waals surface area contributed by atoms with Crippen molar-refractivity contribution in [2.24, 2.45) is 5.92 Å². The molecular formula is C20H19N5O2S. The summed E-state index contributed by atoms with van der Waals surface area (Å²) in [6.07, 6.45) is 4.09. The van der Waals surface area contributed by atoms with Gasteiger partial charge in [-0.15, -0.1) is 11.3 Å². The zero-order valence-corrected chi connectivity index (χ0v) is 16.1. The summed E-state index contributed by atoms with van der Waals surface area (Å²) in [4.78, 5) is 25.4. The van der Waals surface area contributed by atoms with Gasteiger partial charge in [0.15, 0.2) is 11.5 Å². The Morgan fingerprint density at radius 1 is 1.36 bits per heavy atom. The number of fused-ring (bicyclic) bond motifs is 2. The molecule has 1 atom stereocenters. The maximum absolute atomic E-state index is 11.4. The highest BCUT2D eigenvalue weighted by Gasteiger charge is 2.29. The molecule has 1 aromatic carbocycles. The highest BCUT2D eigenvalue weighted by Crippen LogP contribution is 2.35. The monoisotopic (exact) mass is 393 g/mol. The van der Waals surface area contributed by atoms with Gasteiger partial charge in [0.25, 0.3) is 0 Å². The lowest BCUT2D eigenvalue weighted by Gasteiger charge is -2.15. The third kappa shape index (κ3) is 3.09. The largest absolute Gasteiger partial charge is 0.475 e. The summed E-state index contributed by atoms with van der Waals surface area (Å²) in [7, 11) is 0. The second-order valence-corrected chi connectivity index (χ2v) is 8.43. The molecule has 0 saturated heterocycles. The molecule has 0 radical (unpaired) electrons. The fourth-order valence-electron chi connectivity index (χ4n) is 3.51. The van der Waals surface area contributed by atoms with Crippen molar-refractivity contribution >= 4 is 44.4 Å². The van der Waals surface area contributed by atoms with Gasteiger partial charge in [-0.1, -0.05) is 18.2 Å². The second kappa shape index (κ2) is 6.56. The zero-order chi connectivity index (χ0) is 19.3. The molecule has 7 nitrogen and oxygen atoms in total. The summed E-state index contributed by atoms with van der Waals surface area (Å²) in [6.45, 7) is 2.75. The molecule has 0 spiro atoms. The lowest BCUT2D eigenvalue weighted by Crippen LogP contribution is -2.20. The predicted octanol–water partition coefficient (Wildman–Crippen LogP) is 4.00. The van der Waals surface area contributed by atoms with E-state index in [1.54, 1.807) is 17.7 Å². The Labute approximate surface area is 165 Å². The van der Waals surface area contributed by atoms with Crippen LogP contribution in [0.5, 0.6) is 0 Å². The number of carboxylic acids is 1. The van der Waals surface area contributed by atoms with Crippen molar-refractivity contribution in [1.29, 1.82) is 0 Å².